The highest BCUT2D eigenvalue weighted by molar-refractivity contribution is 5.85. The van der Waals surface area contributed by atoms with Crippen molar-refractivity contribution < 1.29 is 19.4 Å². The van der Waals surface area contributed by atoms with Crippen molar-refractivity contribution in [2.75, 3.05) is 20.3 Å². The number of aliphatic carboxylic acids is 1. The number of carboxylic acids is 1. The predicted octanol–water partition coefficient (Wildman–Crippen LogP) is 0.575. The molecule has 0 rings (SSSR count). The zero-order valence-electron chi connectivity index (χ0n) is 10.0. The van der Waals surface area contributed by atoms with Gasteiger partial charge in [-0.15, -0.1) is 0 Å². The van der Waals surface area contributed by atoms with E-state index in [0.717, 1.165) is 0 Å². The lowest BCUT2D eigenvalue weighted by atomic mass is 9.97. The largest absolute Gasteiger partial charge is 0.480 e. The first-order valence-corrected chi connectivity index (χ1v) is 5.24. The Bertz CT molecular complexity index is 245. The minimum Gasteiger partial charge on any atom is -0.480 e. The van der Waals surface area contributed by atoms with Crippen LogP contribution in [0, 0.1) is 0 Å². The van der Waals surface area contributed by atoms with Crippen LogP contribution < -0.4 is 10.6 Å². The summed E-state index contributed by atoms with van der Waals surface area (Å²) in [6, 6.07) is -0.490. The normalized spacial score (nSPS) is 13.9. The second-order valence-corrected chi connectivity index (χ2v) is 3.76. The summed E-state index contributed by atoms with van der Waals surface area (Å²) in [7, 11) is 1.53. The van der Waals surface area contributed by atoms with Gasteiger partial charge in [0.05, 0.1) is 6.61 Å². The smallest absolute Gasteiger partial charge is 0.329 e. The first-order chi connectivity index (χ1) is 7.46. The summed E-state index contributed by atoms with van der Waals surface area (Å²) in [5, 5.41) is 14.0. The highest BCUT2D eigenvalue weighted by Crippen LogP contribution is 2.12. The van der Waals surface area contributed by atoms with E-state index < -0.39 is 17.5 Å². The molecule has 0 aromatic rings. The van der Waals surface area contributed by atoms with Gasteiger partial charge in [-0.25, -0.2) is 9.59 Å². The van der Waals surface area contributed by atoms with E-state index in [4.69, 9.17) is 9.84 Å². The average Bonchev–Trinajstić information content (AvgIpc) is 2.18. The molecule has 0 aliphatic heterocycles. The molecular weight excluding hydrogens is 212 g/mol. The van der Waals surface area contributed by atoms with Crippen LogP contribution in [0.1, 0.15) is 26.7 Å². The molecule has 0 aromatic carbocycles. The standard InChI is InChI=1S/C10H20N2O4/c1-4-5-10(2,8(13)14)12-9(15)11-6-7-16-3/h4-7H2,1-3H3,(H,13,14)(H2,11,12,15). The lowest BCUT2D eigenvalue weighted by Gasteiger charge is -2.25. The molecular formula is C10H20N2O4. The van der Waals surface area contributed by atoms with Crippen molar-refractivity contribution in [3.05, 3.63) is 0 Å². The Hall–Kier alpha value is -1.30. The molecule has 0 aromatic heterocycles. The van der Waals surface area contributed by atoms with E-state index in [9.17, 15) is 9.59 Å². The third-order valence-electron chi connectivity index (χ3n) is 2.20. The van der Waals surface area contributed by atoms with Crippen LogP contribution in [0.15, 0.2) is 0 Å². The molecule has 16 heavy (non-hydrogen) atoms. The molecule has 1 unspecified atom stereocenters. The number of methoxy groups -OCH3 is 1. The second-order valence-electron chi connectivity index (χ2n) is 3.76. The first-order valence-electron chi connectivity index (χ1n) is 5.24. The average molecular weight is 232 g/mol. The van der Waals surface area contributed by atoms with E-state index >= 15 is 0 Å². The Morgan fingerprint density at radius 1 is 1.44 bits per heavy atom. The van der Waals surface area contributed by atoms with E-state index in [0.29, 0.717) is 26.0 Å². The summed E-state index contributed by atoms with van der Waals surface area (Å²) in [4.78, 5) is 22.4. The van der Waals surface area contributed by atoms with Crippen LogP contribution in [0.4, 0.5) is 4.79 Å². The van der Waals surface area contributed by atoms with Gasteiger partial charge in [-0.3, -0.25) is 0 Å². The van der Waals surface area contributed by atoms with Crippen molar-refractivity contribution in [3.8, 4) is 0 Å². The fourth-order valence-electron chi connectivity index (χ4n) is 1.28. The topological polar surface area (TPSA) is 87.7 Å². The van der Waals surface area contributed by atoms with Gasteiger partial charge in [-0.1, -0.05) is 13.3 Å². The summed E-state index contributed by atoms with van der Waals surface area (Å²) in [6.45, 7) is 4.11. The molecule has 0 saturated carbocycles. The minimum absolute atomic E-state index is 0.351. The number of carbonyl (C=O) groups is 2. The molecule has 0 heterocycles. The molecule has 3 N–H and O–H groups in total. The minimum atomic E-state index is -1.22. The number of hydrogen-bond acceptors (Lipinski definition) is 3. The van der Waals surface area contributed by atoms with Gasteiger partial charge in [0.25, 0.3) is 0 Å². The van der Waals surface area contributed by atoms with Gasteiger partial charge >= 0.3 is 12.0 Å². The Morgan fingerprint density at radius 2 is 2.06 bits per heavy atom. The third kappa shape index (κ3) is 4.97. The lowest BCUT2D eigenvalue weighted by Crippen LogP contribution is -2.55. The fraction of sp³-hybridized carbons (Fsp3) is 0.800. The van der Waals surface area contributed by atoms with Gasteiger partial charge in [-0.05, 0) is 13.3 Å². The molecule has 0 bridgehead atoms. The van der Waals surface area contributed by atoms with Crippen LogP contribution in [-0.4, -0.2) is 42.9 Å². The van der Waals surface area contributed by atoms with Crippen LogP contribution in [-0.2, 0) is 9.53 Å². The molecule has 0 aliphatic rings. The van der Waals surface area contributed by atoms with E-state index in [1.165, 1.54) is 14.0 Å². The quantitative estimate of drug-likeness (QED) is 0.560. The van der Waals surface area contributed by atoms with E-state index in [1.54, 1.807) is 0 Å². The highest BCUT2D eigenvalue weighted by Gasteiger charge is 2.33. The van der Waals surface area contributed by atoms with Gasteiger partial charge in [0, 0.05) is 13.7 Å². The van der Waals surface area contributed by atoms with Gasteiger partial charge in [-0.2, -0.15) is 0 Å². The predicted molar refractivity (Wildman–Crippen MR) is 59.4 cm³/mol. The monoisotopic (exact) mass is 232 g/mol. The molecule has 94 valence electrons. The maximum Gasteiger partial charge on any atom is 0.329 e. The first kappa shape index (κ1) is 14.7. The van der Waals surface area contributed by atoms with Crippen LogP contribution >= 0.6 is 0 Å². The molecule has 0 aliphatic carbocycles. The number of carboxylic acid groups (broad SMARTS) is 1. The van der Waals surface area contributed by atoms with Crippen molar-refractivity contribution in [2.24, 2.45) is 0 Å². The summed E-state index contributed by atoms with van der Waals surface area (Å²) < 4.78 is 4.76. The summed E-state index contributed by atoms with van der Waals surface area (Å²) in [6.07, 6.45) is 1.07. The van der Waals surface area contributed by atoms with Crippen LogP contribution in [0.3, 0.4) is 0 Å². The number of ether oxygens (including phenoxy) is 1. The number of carbonyl (C=O) groups excluding carboxylic acids is 1. The van der Waals surface area contributed by atoms with E-state index in [1.807, 2.05) is 6.92 Å². The maximum absolute atomic E-state index is 11.4. The highest BCUT2D eigenvalue weighted by atomic mass is 16.5. The third-order valence-corrected chi connectivity index (χ3v) is 2.20. The molecule has 0 fully saturated rings. The van der Waals surface area contributed by atoms with Crippen molar-refractivity contribution in [1.29, 1.82) is 0 Å². The number of nitrogens with one attached hydrogen (secondary N) is 2. The Kier molecular flexibility index (Phi) is 6.48. The van der Waals surface area contributed by atoms with E-state index in [2.05, 4.69) is 10.6 Å². The van der Waals surface area contributed by atoms with Crippen molar-refractivity contribution in [1.82, 2.24) is 10.6 Å². The van der Waals surface area contributed by atoms with Crippen molar-refractivity contribution in [2.45, 2.75) is 32.2 Å². The van der Waals surface area contributed by atoms with Crippen LogP contribution in [0.5, 0.6) is 0 Å². The summed E-state index contributed by atoms with van der Waals surface area (Å²) >= 11 is 0. The Labute approximate surface area is 95.4 Å². The summed E-state index contributed by atoms with van der Waals surface area (Å²) in [5.41, 5.74) is -1.22. The number of rotatable bonds is 7. The lowest BCUT2D eigenvalue weighted by molar-refractivity contribution is -0.144. The molecule has 0 saturated heterocycles. The number of amides is 2. The molecule has 6 heteroatoms. The van der Waals surface area contributed by atoms with Crippen molar-refractivity contribution in [3.63, 3.8) is 0 Å². The molecule has 0 spiro atoms. The molecule has 2 amide bonds. The maximum atomic E-state index is 11.4. The van der Waals surface area contributed by atoms with Gasteiger partial charge in [0.15, 0.2) is 0 Å². The van der Waals surface area contributed by atoms with Gasteiger partial charge in [0.2, 0.25) is 0 Å². The SMILES string of the molecule is CCCC(C)(NC(=O)NCCOC)C(=O)O. The van der Waals surface area contributed by atoms with Crippen LogP contribution in [0.2, 0.25) is 0 Å². The second kappa shape index (κ2) is 7.05. The fourth-order valence-corrected chi connectivity index (χ4v) is 1.28. The van der Waals surface area contributed by atoms with Gasteiger partial charge in [0.1, 0.15) is 5.54 Å². The summed E-state index contributed by atoms with van der Waals surface area (Å²) in [5.74, 6) is -1.03. The van der Waals surface area contributed by atoms with E-state index in [-0.39, 0.29) is 0 Å². The number of hydrogen-bond donors (Lipinski definition) is 3. The number of urea groups is 1. The molecule has 1 atom stereocenters. The zero-order valence-corrected chi connectivity index (χ0v) is 10.0. The zero-order chi connectivity index (χ0) is 12.6. The van der Waals surface area contributed by atoms with Crippen molar-refractivity contribution >= 4 is 12.0 Å². The van der Waals surface area contributed by atoms with Gasteiger partial charge < -0.3 is 20.5 Å². The van der Waals surface area contributed by atoms with Crippen LogP contribution in [0.25, 0.3) is 0 Å². The molecule has 0 radical (unpaired) electrons. The Balaban J connectivity index is 4.19. The Morgan fingerprint density at radius 3 is 2.50 bits per heavy atom. The molecule has 6 nitrogen and oxygen atoms in total.